The van der Waals surface area contributed by atoms with Gasteiger partial charge in [0.05, 0.1) is 11.4 Å². The van der Waals surface area contributed by atoms with E-state index in [-0.39, 0.29) is 5.91 Å². The minimum atomic E-state index is -0.244. The van der Waals surface area contributed by atoms with Crippen molar-refractivity contribution in [3.8, 4) is 0 Å². The largest absolute Gasteiger partial charge is 0.395 e. The fraction of sp³-hybridized carbons (Fsp3) is 0.333. The third kappa shape index (κ3) is 2.66. The Morgan fingerprint density at radius 2 is 2.10 bits per heavy atom. The van der Waals surface area contributed by atoms with E-state index in [0.29, 0.717) is 23.0 Å². The second-order valence-corrected chi connectivity index (χ2v) is 5.21. The van der Waals surface area contributed by atoms with Gasteiger partial charge in [-0.2, -0.15) is 5.10 Å². The van der Waals surface area contributed by atoms with Crippen molar-refractivity contribution in [2.45, 2.75) is 26.7 Å². The molecular formula is C15H20N4O. The van der Waals surface area contributed by atoms with Crippen LogP contribution in [0.25, 0.3) is 0 Å². The van der Waals surface area contributed by atoms with Crippen LogP contribution in [0, 0.1) is 6.92 Å². The minimum Gasteiger partial charge on any atom is -0.395 e. The molecule has 0 aliphatic carbocycles. The summed E-state index contributed by atoms with van der Waals surface area (Å²) in [5, 5.41) is 7.02. The van der Waals surface area contributed by atoms with Crippen LogP contribution in [0.5, 0.6) is 0 Å². The number of nitrogens with zero attached hydrogens (tertiary/aromatic N) is 2. The van der Waals surface area contributed by atoms with E-state index in [9.17, 15) is 4.79 Å². The molecule has 5 nitrogen and oxygen atoms in total. The van der Waals surface area contributed by atoms with Crippen LogP contribution in [0.1, 0.15) is 41.5 Å². The van der Waals surface area contributed by atoms with Crippen LogP contribution in [0.4, 0.5) is 11.4 Å². The third-order valence-electron chi connectivity index (χ3n) is 3.29. The molecule has 3 N–H and O–H groups in total. The maximum absolute atomic E-state index is 12.3. The molecule has 1 aromatic carbocycles. The quantitative estimate of drug-likeness (QED) is 0.902. The van der Waals surface area contributed by atoms with Gasteiger partial charge < -0.3 is 11.1 Å². The summed E-state index contributed by atoms with van der Waals surface area (Å²) in [7, 11) is 1.71. The molecule has 0 radical (unpaired) electrons. The normalized spacial score (nSPS) is 10.8. The first-order chi connectivity index (χ1) is 9.40. The fourth-order valence-electron chi connectivity index (χ4n) is 2.11. The van der Waals surface area contributed by atoms with E-state index in [2.05, 4.69) is 24.3 Å². The Kier molecular flexibility index (Phi) is 3.79. The molecule has 0 unspecified atom stereocenters. The molecule has 1 aromatic heterocycles. The van der Waals surface area contributed by atoms with Gasteiger partial charge >= 0.3 is 0 Å². The van der Waals surface area contributed by atoms with Crippen molar-refractivity contribution in [1.82, 2.24) is 9.78 Å². The summed E-state index contributed by atoms with van der Waals surface area (Å²) < 4.78 is 1.51. The van der Waals surface area contributed by atoms with Crippen molar-refractivity contribution in [2.24, 2.45) is 7.05 Å². The van der Waals surface area contributed by atoms with Crippen molar-refractivity contribution in [3.05, 3.63) is 41.2 Å². The van der Waals surface area contributed by atoms with Crippen molar-refractivity contribution in [3.63, 3.8) is 0 Å². The summed E-state index contributed by atoms with van der Waals surface area (Å²) in [5.41, 5.74) is 9.30. The van der Waals surface area contributed by atoms with Gasteiger partial charge in [-0.3, -0.25) is 9.48 Å². The zero-order chi connectivity index (χ0) is 14.9. The van der Waals surface area contributed by atoms with E-state index < -0.39 is 0 Å². The second-order valence-electron chi connectivity index (χ2n) is 5.21. The van der Waals surface area contributed by atoms with E-state index in [1.165, 1.54) is 10.2 Å². The molecule has 2 rings (SSSR count). The molecule has 0 saturated carbocycles. The maximum Gasteiger partial charge on any atom is 0.276 e. The molecule has 2 aromatic rings. The number of hydrogen-bond donors (Lipinski definition) is 2. The number of amides is 1. The molecule has 0 spiro atoms. The summed E-state index contributed by atoms with van der Waals surface area (Å²) in [6.07, 6.45) is 0. The fourth-order valence-corrected chi connectivity index (χ4v) is 2.11. The molecule has 0 saturated heterocycles. The molecule has 0 aliphatic rings. The lowest BCUT2D eigenvalue weighted by molar-refractivity contribution is 0.101. The summed E-state index contributed by atoms with van der Waals surface area (Å²) in [6.45, 7) is 6.01. The maximum atomic E-state index is 12.3. The molecule has 0 bridgehead atoms. The average molecular weight is 272 g/mol. The molecule has 0 atom stereocenters. The van der Waals surface area contributed by atoms with Gasteiger partial charge in [-0.15, -0.1) is 0 Å². The number of carbonyl (C=O) groups is 1. The number of hydrogen-bond acceptors (Lipinski definition) is 3. The molecule has 1 heterocycles. The smallest absolute Gasteiger partial charge is 0.276 e. The van der Waals surface area contributed by atoms with Crippen molar-refractivity contribution >= 4 is 17.3 Å². The summed E-state index contributed by atoms with van der Waals surface area (Å²) in [4.78, 5) is 12.3. The molecular weight excluding hydrogens is 252 g/mol. The number of benzene rings is 1. The number of nitrogens with one attached hydrogen (secondary N) is 1. The molecule has 1 amide bonds. The van der Waals surface area contributed by atoms with Crippen LogP contribution >= 0.6 is 0 Å². The highest BCUT2D eigenvalue weighted by molar-refractivity contribution is 6.06. The van der Waals surface area contributed by atoms with Crippen molar-refractivity contribution < 1.29 is 4.79 Å². The Morgan fingerprint density at radius 3 is 2.65 bits per heavy atom. The van der Waals surface area contributed by atoms with Crippen molar-refractivity contribution in [1.29, 1.82) is 0 Å². The summed E-state index contributed by atoms with van der Waals surface area (Å²) >= 11 is 0. The first-order valence-corrected chi connectivity index (χ1v) is 6.60. The van der Waals surface area contributed by atoms with Gasteiger partial charge in [0.2, 0.25) is 0 Å². The van der Waals surface area contributed by atoms with Gasteiger partial charge in [-0.25, -0.2) is 0 Å². The Labute approximate surface area is 118 Å². The lowest BCUT2D eigenvalue weighted by Gasteiger charge is -2.10. The predicted molar refractivity (Wildman–Crippen MR) is 80.8 cm³/mol. The van der Waals surface area contributed by atoms with E-state index in [4.69, 9.17) is 5.73 Å². The number of aryl methyl sites for hydroxylation is 2. The first-order valence-electron chi connectivity index (χ1n) is 6.60. The molecule has 20 heavy (non-hydrogen) atoms. The van der Waals surface area contributed by atoms with Gasteiger partial charge in [-0.05, 0) is 30.5 Å². The summed E-state index contributed by atoms with van der Waals surface area (Å²) in [6, 6.07) is 7.82. The van der Waals surface area contributed by atoms with Gasteiger partial charge in [0, 0.05) is 12.7 Å². The third-order valence-corrected chi connectivity index (χ3v) is 3.29. The zero-order valence-electron chi connectivity index (χ0n) is 12.3. The van der Waals surface area contributed by atoms with E-state index in [1.54, 1.807) is 14.0 Å². The van der Waals surface area contributed by atoms with Crippen LogP contribution in [0.2, 0.25) is 0 Å². The van der Waals surface area contributed by atoms with E-state index in [0.717, 1.165) is 5.69 Å². The second kappa shape index (κ2) is 5.36. The number of aromatic nitrogens is 2. The van der Waals surface area contributed by atoms with Gasteiger partial charge in [0.25, 0.3) is 5.91 Å². The number of nitrogens with two attached hydrogens (primary N) is 1. The highest BCUT2D eigenvalue weighted by Crippen LogP contribution is 2.21. The monoisotopic (exact) mass is 272 g/mol. The molecule has 106 valence electrons. The first kappa shape index (κ1) is 14.1. The lowest BCUT2D eigenvalue weighted by Crippen LogP contribution is -2.17. The zero-order valence-corrected chi connectivity index (χ0v) is 12.3. The van der Waals surface area contributed by atoms with Gasteiger partial charge in [0.15, 0.2) is 0 Å². The number of anilines is 2. The van der Waals surface area contributed by atoms with Gasteiger partial charge in [0.1, 0.15) is 5.69 Å². The Morgan fingerprint density at radius 1 is 1.40 bits per heavy atom. The average Bonchev–Trinajstić information content (AvgIpc) is 2.63. The van der Waals surface area contributed by atoms with Crippen LogP contribution in [-0.2, 0) is 7.05 Å². The van der Waals surface area contributed by atoms with E-state index in [1.807, 2.05) is 24.3 Å². The van der Waals surface area contributed by atoms with Crippen LogP contribution in [0.15, 0.2) is 24.3 Å². The molecule has 0 aliphatic heterocycles. The summed E-state index contributed by atoms with van der Waals surface area (Å²) in [5.74, 6) is 0.169. The van der Waals surface area contributed by atoms with Gasteiger partial charge in [-0.1, -0.05) is 26.0 Å². The van der Waals surface area contributed by atoms with Crippen LogP contribution in [-0.4, -0.2) is 15.7 Å². The van der Waals surface area contributed by atoms with E-state index >= 15 is 0 Å². The lowest BCUT2D eigenvalue weighted by atomic mass is 10.0. The Hall–Kier alpha value is -2.30. The predicted octanol–water partition coefficient (Wildman–Crippen LogP) is 2.69. The molecule has 0 fully saturated rings. The number of carbonyl (C=O) groups excluding carboxylic acids is 1. The highest BCUT2D eigenvalue weighted by atomic mass is 16.2. The highest BCUT2D eigenvalue weighted by Gasteiger charge is 2.18. The standard InChI is InChI=1S/C15H20N4O/c1-9(2)11-6-5-7-12(8-11)17-15(20)14-13(16)10(3)18-19(14)4/h5-9H,16H2,1-4H3,(H,17,20). The number of rotatable bonds is 3. The topological polar surface area (TPSA) is 72.9 Å². The Bertz CT molecular complexity index is 643. The SMILES string of the molecule is Cc1nn(C)c(C(=O)Nc2cccc(C(C)C)c2)c1N. The minimum absolute atomic E-state index is 0.244. The van der Waals surface area contributed by atoms with Crippen molar-refractivity contribution in [2.75, 3.05) is 11.1 Å². The number of nitrogen functional groups attached to an aromatic ring is 1. The Balaban J connectivity index is 2.26. The van der Waals surface area contributed by atoms with Crippen LogP contribution < -0.4 is 11.1 Å². The van der Waals surface area contributed by atoms with Crippen LogP contribution in [0.3, 0.4) is 0 Å². The molecule has 5 heteroatoms.